The summed E-state index contributed by atoms with van der Waals surface area (Å²) in [5, 5.41) is 10.7. The molecule has 1 aromatic rings. The molecule has 0 spiro atoms. The van der Waals surface area contributed by atoms with Crippen molar-refractivity contribution in [3.8, 4) is 0 Å². The predicted octanol–water partition coefficient (Wildman–Crippen LogP) is 0.561. The van der Waals surface area contributed by atoms with Gasteiger partial charge in [-0.05, 0) is 25.4 Å². The first-order valence-corrected chi connectivity index (χ1v) is 6.22. The molecule has 16 heavy (non-hydrogen) atoms. The normalized spacial score (nSPS) is 12.9. The molecule has 0 amide bonds. The standard InChI is InChI=1S/C10H20N4OS/c1-8(6-11-4-5-15-3)12-7-10-9(2)13-14-16-10/h8,11-12H,4-7H2,1-3H3. The number of rotatable bonds is 8. The van der Waals surface area contributed by atoms with Crippen LogP contribution in [0.2, 0.25) is 0 Å². The Morgan fingerprint density at radius 3 is 2.94 bits per heavy atom. The van der Waals surface area contributed by atoms with Crippen LogP contribution in [0.5, 0.6) is 0 Å². The molecule has 1 rings (SSSR count). The number of ether oxygens (including phenoxy) is 1. The van der Waals surface area contributed by atoms with Gasteiger partial charge in [-0.15, -0.1) is 5.10 Å². The van der Waals surface area contributed by atoms with Crippen LogP contribution in [-0.2, 0) is 11.3 Å². The summed E-state index contributed by atoms with van der Waals surface area (Å²) in [6.07, 6.45) is 0. The Morgan fingerprint density at radius 1 is 1.50 bits per heavy atom. The molecule has 1 heterocycles. The average molecular weight is 244 g/mol. The third-order valence-electron chi connectivity index (χ3n) is 2.29. The summed E-state index contributed by atoms with van der Waals surface area (Å²) in [5.41, 5.74) is 1.03. The van der Waals surface area contributed by atoms with Crippen molar-refractivity contribution in [2.24, 2.45) is 0 Å². The lowest BCUT2D eigenvalue weighted by Crippen LogP contribution is -2.37. The number of hydrogen-bond donors (Lipinski definition) is 2. The Morgan fingerprint density at radius 2 is 2.31 bits per heavy atom. The highest BCUT2D eigenvalue weighted by Gasteiger charge is 2.05. The zero-order chi connectivity index (χ0) is 11.8. The van der Waals surface area contributed by atoms with Crippen LogP contribution in [0, 0.1) is 6.92 Å². The van der Waals surface area contributed by atoms with Crippen LogP contribution in [0.25, 0.3) is 0 Å². The Kier molecular flexibility index (Phi) is 6.47. The van der Waals surface area contributed by atoms with E-state index in [-0.39, 0.29) is 0 Å². The van der Waals surface area contributed by atoms with E-state index < -0.39 is 0 Å². The lowest BCUT2D eigenvalue weighted by atomic mass is 10.3. The maximum Gasteiger partial charge on any atom is 0.0769 e. The van der Waals surface area contributed by atoms with Crippen LogP contribution in [-0.4, -0.2) is 42.4 Å². The smallest absolute Gasteiger partial charge is 0.0769 e. The Bertz CT molecular complexity index is 292. The highest BCUT2D eigenvalue weighted by Crippen LogP contribution is 2.08. The van der Waals surface area contributed by atoms with Crippen LogP contribution in [0.1, 0.15) is 17.5 Å². The van der Waals surface area contributed by atoms with E-state index in [4.69, 9.17) is 4.74 Å². The molecule has 0 bridgehead atoms. The third-order valence-corrected chi connectivity index (χ3v) is 3.11. The molecule has 5 nitrogen and oxygen atoms in total. The summed E-state index contributed by atoms with van der Waals surface area (Å²) >= 11 is 1.46. The van der Waals surface area contributed by atoms with Crippen molar-refractivity contribution in [3.05, 3.63) is 10.6 Å². The fraction of sp³-hybridized carbons (Fsp3) is 0.800. The molecule has 0 fully saturated rings. The van der Waals surface area contributed by atoms with E-state index in [1.807, 2.05) is 6.92 Å². The Balaban J connectivity index is 2.10. The minimum atomic E-state index is 0.429. The second-order valence-electron chi connectivity index (χ2n) is 3.76. The van der Waals surface area contributed by atoms with Gasteiger partial charge in [0.05, 0.1) is 17.2 Å². The molecule has 0 saturated carbocycles. The first-order valence-electron chi connectivity index (χ1n) is 5.45. The molecule has 1 aromatic heterocycles. The van der Waals surface area contributed by atoms with Gasteiger partial charge < -0.3 is 15.4 Å². The molecule has 92 valence electrons. The number of aromatic nitrogens is 2. The molecule has 0 aromatic carbocycles. The average Bonchev–Trinajstić information content (AvgIpc) is 2.67. The Hall–Kier alpha value is -0.560. The van der Waals surface area contributed by atoms with E-state index in [1.54, 1.807) is 7.11 Å². The third kappa shape index (κ3) is 4.98. The van der Waals surface area contributed by atoms with Crippen molar-refractivity contribution in [1.29, 1.82) is 0 Å². The zero-order valence-electron chi connectivity index (χ0n) is 10.1. The van der Waals surface area contributed by atoms with Gasteiger partial charge in [-0.25, -0.2) is 0 Å². The number of nitrogens with one attached hydrogen (secondary N) is 2. The highest BCUT2D eigenvalue weighted by molar-refractivity contribution is 7.05. The first kappa shape index (κ1) is 13.5. The van der Waals surface area contributed by atoms with Gasteiger partial charge in [0.15, 0.2) is 0 Å². The molecular formula is C10H20N4OS. The van der Waals surface area contributed by atoms with E-state index in [1.165, 1.54) is 16.4 Å². The van der Waals surface area contributed by atoms with E-state index in [2.05, 4.69) is 27.1 Å². The van der Waals surface area contributed by atoms with Crippen molar-refractivity contribution in [3.63, 3.8) is 0 Å². The predicted molar refractivity (Wildman–Crippen MR) is 65.7 cm³/mol. The van der Waals surface area contributed by atoms with Crippen LogP contribution in [0.15, 0.2) is 0 Å². The molecule has 0 aliphatic rings. The summed E-state index contributed by atoms with van der Waals surface area (Å²) < 4.78 is 8.87. The lowest BCUT2D eigenvalue weighted by molar-refractivity contribution is 0.198. The largest absolute Gasteiger partial charge is 0.383 e. The van der Waals surface area contributed by atoms with Gasteiger partial charge in [-0.2, -0.15) is 0 Å². The summed E-state index contributed by atoms with van der Waals surface area (Å²) in [5.74, 6) is 0. The minimum absolute atomic E-state index is 0.429. The highest BCUT2D eigenvalue weighted by atomic mass is 32.1. The second kappa shape index (κ2) is 7.67. The molecule has 1 unspecified atom stereocenters. The maximum atomic E-state index is 4.96. The van der Waals surface area contributed by atoms with Crippen LogP contribution in [0.4, 0.5) is 0 Å². The van der Waals surface area contributed by atoms with Gasteiger partial charge >= 0.3 is 0 Å². The van der Waals surface area contributed by atoms with Crippen LogP contribution in [0.3, 0.4) is 0 Å². The minimum Gasteiger partial charge on any atom is -0.383 e. The topological polar surface area (TPSA) is 59.1 Å². The van der Waals surface area contributed by atoms with Crippen molar-refractivity contribution in [2.45, 2.75) is 26.4 Å². The lowest BCUT2D eigenvalue weighted by Gasteiger charge is -2.13. The van der Waals surface area contributed by atoms with Crippen LogP contribution < -0.4 is 10.6 Å². The Labute approximate surface area is 101 Å². The molecule has 2 N–H and O–H groups in total. The summed E-state index contributed by atoms with van der Waals surface area (Å²) in [4.78, 5) is 1.21. The van der Waals surface area contributed by atoms with Gasteiger partial charge in [-0.1, -0.05) is 4.49 Å². The molecule has 0 radical (unpaired) electrons. The van der Waals surface area contributed by atoms with E-state index in [0.717, 1.165) is 31.9 Å². The van der Waals surface area contributed by atoms with Crippen molar-refractivity contribution >= 4 is 11.5 Å². The fourth-order valence-corrected chi connectivity index (χ4v) is 1.83. The van der Waals surface area contributed by atoms with Gasteiger partial charge in [0.1, 0.15) is 0 Å². The molecule has 1 atom stereocenters. The number of nitrogens with zero attached hydrogens (tertiary/aromatic N) is 2. The van der Waals surface area contributed by atoms with E-state index >= 15 is 0 Å². The van der Waals surface area contributed by atoms with Crippen molar-refractivity contribution < 1.29 is 4.74 Å². The van der Waals surface area contributed by atoms with Gasteiger partial charge in [0.2, 0.25) is 0 Å². The molecular weight excluding hydrogens is 224 g/mol. The monoisotopic (exact) mass is 244 g/mol. The molecule has 0 aliphatic heterocycles. The van der Waals surface area contributed by atoms with Crippen LogP contribution >= 0.6 is 11.5 Å². The molecule has 6 heteroatoms. The van der Waals surface area contributed by atoms with Gasteiger partial charge in [0, 0.05) is 32.8 Å². The number of hydrogen-bond acceptors (Lipinski definition) is 6. The summed E-state index contributed by atoms with van der Waals surface area (Å²) in [6, 6.07) is 0.429. The zero-order valence-corrected chi connectivity index (χ0v) is 10.9. The number of aryl methyl sites for hydroxylation is 1. The molecule has 0 saturated heterocycles. The second-order valence-corrected chi connectivity index (χ2v) is 4.60. The summed E-state index contributed by atoms with van der Waals surface area (Å²) in [7, 11) is 1.71. The van der Waals surface area contributed by atoms with E-state index in [0.29, 0.717) is 6.04 Å². The summed E-state index contributed by atoms with van der Waals surface area (Å²) in [6.45, 7) is 7.57. The fourth-order valence-electron chi connectivity index (χ4n) is 1.24. The number of methoxy groups -OCH3 is 1. The SMILES string of the molecule is COCCNCC(C)NCc1snnc1C. The maximum absolute atomic E-state index is 4.96. The quantitative estimate of drug-likeness (QED) is 0.654. The first-order chi connectivity index (χ1) is 7.74. The van der Waals surface area contributed by atoms with Crippen molar-refractivity contribution in [2.75, 3.05) is 26.8 Å². The molecule has 0 aliphatic carbocycles. The van der Waals surface area contributed by atoms with Gasteiger partial charge in [-0.3, -0.25) is 0 Å². The van der Waals surface area contributed by atoms with Gasteiger partial charge in [0.25, 0.3) is 0 Å². The van der Waals surface area contributed by atoms with Crippen molar-refractivity contribution in [1.82, 2.24) is 20.2 Å². The van der Waals surface area contributed by atoms with E-state index in [9.17, 15) is 0 Å².